The highest BCUT2D eigenvalue weighted by Gasteiger charge is 2.45. The summed E-state index contributed by atoms with van der Waals surface area (Å²) < 4.78 is 6.26. The average molecular weight is 334 g/mol. The fraction of sp³-hybridized carbons (Fsp3) is 0.500. The van der Waals surface area contributed by atoms with Crippen LogP contribution in [0.2, 0.25) is 0 Å². The minimum Gasteiger partial charge on any atom is -0.394 e. The Kier molecular flexibility index (Phi) is 4.77. The minimum absolute atomic E-state index is 0.542. The van der Waals surface area contributed by atoms with E-state index in [0.717, 1.165) is 4.47 Å². The maximum absolute atomic E-state index is 9.85. The standard InChI is InChI=1S/C12H16BrNO5/c13-6-1-3-7(4-2-6)14-12-10(18)9(17)11(19-12)8(16)5-15/h1-4,8-12,14-18H,5H2/t8-,9+,10-,11+,12+/m1/s1. The molecule has 0 aliphatic carbocycles. The molecule has 0 radical (unpaired) electrons. The fourth-order valence-electron chi connectivity index (χ4n) is 1.96. The zero-order valence-corrected chi connectivity index (χ0v) is 11.6. The molecule has 5 atom stereocenters. The summed E-state index contributed by atoms with van der Waals surface area (Å²) in [5.74, 6) is 0. The molecule has 1 aromatic carbocycles. The van der Waals surface area contributed by atoms with Gasteiger partial charge in [0.25, 0.3) is 0 Å². The van der Waals surface area contributed by atoms with Crippen LogP contribution in [0.15, 0.2) is 28.7 Å². The van der Waals surface area contributed by atoms with Crippen LogP contribution in [0.1, 0.15) is 0 Å². The second-order valence-electron chi connectivity index (χ2n) is 4.40. The van der Waals surface area contributed by atoms with Crippen molar-refractivity contribution in [1.82, 2.24) is 0 Å². The van der Waals surface area contributed by atoms with E-state index in [1.165, 1.54) is 0 Å². The van der Waals surface area contributed by atoms with Gasteiger partial charge >= 0.3 is 0 Å². The number of nitrogens with one attached hydrogen (secondary N) is 1. The Morgan fingerprint density at radius 1 is 1.21 bits per heavy atom. The van der Waals surface area contributed by atoms with Gasteiger partial charge in [-0.05, 0) is 24.3 Å². The molecule has 1 aliphatic heterocycles. The molecule has 2 rings (SSSR count). The van der Waals surface area contributed by atoms with Crippen LogP contribution in [0, 0.1) is 0 Å². The highest BCUT2D eigenvalue weighted by Crippen LogP contribution is 2.25. The number of aliphatic hydroxyl groups excluding tert-OH is 4. The molecule has 6 nitrogen and oxygen atoms in total. The van der Waals surface area contributed by atoms with E-state index < -0.39 is 37.3 Å². The summed E-state index contributed by atoms with van der Waals surface area (Å²) in [6, 6.07) is 7.20. The molecule has 7 heteroatoms. The Hall–Kier alpha value is -0.700. The van der Waals surface area contributed by atoms with Crippen molar-refractivity contribution in [2.75, 3.05) is 11.9 Å². The van der Waals surface area contributed by atoms with Crippen molar-refractivity contribution in [3.63, 3.8) is 0 Å². The third-order valence-corrected chi connectivity index (χ3v) is 3.55. The van der Waals surface area contributed by atoms with E-state index >= 15 is 0 Å². The summed E-state index contributed by atoms with van der Waals surface area (Å²) in [7, 11) is 0. The van der Waals surface area contributed by atoms with Crippen LogP contribution in [0.5, 0.6) is 0 Å². The van der Waals surface area contributed by atoms with E-state index in [1.54, 1.807) is 12.1 Å². The first-order valence-electron chi connectivity index (χ1n) is 5.85. The topological polar surface area (TPSA) is 102 Å². The van der Waals surface area contributed by atoms with E-state index in [0.29, 0.717) is 5.69 Å². The van der Waals surface area contributed by atoms with E-state index in [9.17, 15) is 15.3 Å². The van der Waals surface area contributed by atoms with E-state index in [4.69, 9.17) is 9.84 Å². The van der Waals surface area contributed by atoms with Crippen molar-refractivity contribution in [2.45, 2.75) is 30.6 Å². The van der Waals surface area contributed by atoms with Gasteiger partial charge in [-0.1, -0.05) is 15.9 Å². The molecule has 0 saturated carbocycles. The Bertz CT molecular complexity index is 415. The Balaban J connectivity index is 2.03. The lowest BCUT2D eigenvalue weighted by atomic mass is 10.1. The number of halogens is 1. The average Bonchev–Trinajstić information content (AvgIpc) is 2.69. The molecule has 0 amide bonds. The lowest BCUT2D eigenvalue weighted by Gasteiger charge is -2.19. The molecule has 1 fully saturated rings. The fourth-order valence-corrected chi connectivity index (χ4v) is 2.22. The van der Waals surface area contributed by atoms with Crippen molar-refractivity contribution in [3.8, 4) is 0 Å². The smallest absolute Gasteiger partial charge is 0.157 e. The van der Waals surface area contributed by atoms with E-state index in [-0.39, 0.29) is 0 Å². The summed E-state index contributed by atoms with van der Waals surface area (Å²) in [4.78, 5) is 0. The van der Waals surface area contributed by atoms with Crippen LogP contribution in [0.25, 0.3) is 0 Å². The van der Waals surface area contributed by atoms with Gasteiger partial charge in [-0.25, -0.2) is 0 Å². The molecular weight excluding hydrogens is 318 g/mol. The second kappa shape index (κ2) is 6.17. The molecule has 19 heavy (non-hydrogen) atoms. The number of ether oxygens (including phenoxy) is 1. The van der Waals surface area contributed by atoms with Crippen molar-refractivity contribution < 1.29 is 25.2 Å². The quantitative estimate of drug-likeness (QED) is 0.516. The Morgan fingerprint density at radius 2 is 1.84 bits per heavy atom. The number of aliphatic hydroxyl groups is 4. The highest BCUT2D eigenvalue weighted by atomic mass is 79.9. The van der Waals surface area contributed by atoms with Crippen LogP contribution in [0.3, 0.4) is 0 Å². The van der Waals surface area contributed by atoms with E-state index in [2.05, 4.69) is 21.2 Å². The molecule has 1 aromatic rings. The zero-order chi connectivity index (χ0) is 14.0. The lowest BCUT2D eigenvalue weighted by Crippen LogP contribution is -2.40. The highest BCUT2D eigenvalue weighted by molar-refractivity contribution is 9.10. The normalized spacial score (nSPS) is 32.3. The van der Waals surface area contributed by atoms with Crippen molar-refractivity contribution in [2.24, 2.45) is 0 Å². The predicted molar refractivity (Wildman–Crippen MR) is 71.5 cm³/mol. The summed E-state index contributed by atoms with van der Waals surface area (Å²) in [5.41, 5.74) is 0.707. The maximum Gasteiger partial charge on any atom is 0.157 e. The monoisotopic (exact) mass is 333 g/mol. The van der Waals surface area contributed by atoms with Gasteiger partial charge in [0, 0.05) is 10.2 Å². The zero-order valence-electron chi connectivity index (χ0n) is 9.98. The summed E-state index contributed by atoms with van der Waals surface area (Å²) in [6.45, 7) is -0.542. The number of benzene rings is 1. The number of hydrogen-bond donors (Lipinski definition) is 5. The van der Waals surface area contributed by atoms with Gasteiger partial charge in [-0.3, -0.25) is 0 Å². The minimum atomic E-state index is -1.25. The first-order chi connectivity index (χ1) is 9.02. The van der Waals surface area contributed by atoms with E-state index in [1.807, 2.05) is 12.1 Å². The largest absolute Gasteiger partial charge is 0.394 e. The molecule has 0 spiro atoms. The lowest BCUT2D eigenvalue weighted by molar-refractivity contribution is -0.0774. The van der Waals surface area contributed by atoms with Crippen LogP contribution >= 0.6 is 15.9 Å². The molecule has 0 bridgehead atoms. The molecular formula is C12H16BrNO5. The SMILES string of the molecule is OC[C@@H](O)[C@@H]1O[C@H](Nc2ccc(Br)cc2)[C@H](O)[C@@H]1O. The molecule has 0 aromatic heterocycles. The Labute approximate surface area is 118 Å². The van der Waals surface area contributed by atoms with Gasteiger partial charge in [0.1, 0.15) is 24.4 Å². The molecule has 0 unspecified atom stereocenters. The van der Waals surface area contributed by atoms with Crippen LogP contribution in [-0.4, -0.2) is 57.7 Å². The number of anilines is 1. The second-order valence-corrected chi connectivity index (χ2v) is 5.32. The first-order valence-corrected chi connectivity index (χ1v) is 6.65. The molecule has 1 aliphatic rings. The first kappa shape index (κ1) is 14.7. The summed E-state index contributed by atoms with van der Waals surface area (Å²) >= 11 is 3.31. The van der Waals surface area contributed by atoms with Gasteiger partial charge < -0.3 is 30.5 Å². The van der Waals surface area contributed by atoms with Crippen LogP contribution < -0.4 is 5.32 Å². The van der Waals surface area contributed by atoms with Crippen LogP contribution in [0.4, 0.5) is 5.69 Å². The van der Waals surface area contributed by atoms with Crippen LogP contribution in [-0.2, 0) is 4.74 Å². The summed E-state index contributed by atoms with van der Waals surface area (Å²) in [6.07, 6.45) is -5.54. The third-order valence-electron chi connectivity index (χ3n) is 3.02. The number of rotatable bonds is 4. The van der Waals surface area contributed by atoms with Gasteiger partial charge in [0.15, 0.2) is 6.23 Å². The van der Waals surface area contributed by atoms with Gasteiger partial charge in [-0.15, -0.1) is 0 Å². The van der Waals surface area contributed by atoms with Gasteiger partial charge in [0.2, 0.25) is 0 Å². The van der Waals surface area contributed by atoms with Gasteiger partial charge in [-0.2, -0.15) is 0 Å². The summed E-state index contributed by atoms with van der Waals surface area (Å²) in [5, 5.41) is 40.9. The maximum atomic E-state index is 9.85. The predicted octanol–water partition coefficient (Wildman–Crippen LogP) is -0.339. The van der Waals surface area contributed by atoms with Crippen molar-refractivity contribution >= 4 is 21.6 Å². The van der Waals surface area contributed by atoms with Crippen molar-refractivity contribution in [1.29, 1.82) is 0 Å². The molecule has 1 heterocycles. The number of hydrogen-bond acceptors (Lipinski definition) is 6. The third kappa shape index (κ3) is 3.25. The molecule has 106 valence electrons. The van der Waals surface area contributed by atoms with Crippen molar-refractivity contribution in [3.05, 3.63) is 28.7 Å². The molecule has 5 N–H and O–H groups in total. The van der Waals surface area contributed by atoms with Gasteiger partial charge in [0.05, 0.1) is 6.61 Å². The Morgan fingerprint density at radius 3 is 2.42 bits per heavy atom. The molecule has 1 saturated heterocycles.